The largest absolute Gasteiger partial charge is 1.00 e. The molecule has 0 aromatic carbocycles. The zero-order valence-corrected chi connectivity index (χ0v) is 24.5. The minimum Gasteiger partial charge on any atom is -0.549 e. The molecule has 0 aliphatic carbocycles. The molecule has 0 aromatic rings. The first-order valence-electron chi connectivity index (χ1n) is 5.48. The molecule has 0 amide bonds. The summed E-state index contributed by atoms with van der Waals surface area (Å²) in [5, 5.41) is 38.0. The summed E-state index contributed by atoms with van der Waals surface area (Å²) in [5.41, 5.74) is 0. The molecule has 0 aliphatic heterocycles. The summed E-state index contributed by atoms with van der Waals surface area (Å²) in [4.78, 5) is 43.9. The van der Waals surface area contributed by atoms with Crippen molar-refractivity contribution in [3.05, 3.63) is 0 Å². The molecule has 0 heterocycles. The molecule has 0 aliphatic rings. The van der Waals surface area contributed by atoms with Crippen molar-refractivity contribution in [2.45, 2.75) is 0 Å². The Morgan fingerprint density at radius 2 is 0.786 bits per heavy atom. The quantitative estimate of drug-likeness (QED) is 0.278. The van der Waals surface area contributed by atoms with Crippen molar-refractivity contribution in [3.63, 3.8) is 0 Å². The van der Waals surface area contributed by atoms with Crippen LogP contribution in [0.15, 0.2) is 0 Å². The summed E-state index contributed by atoms with van der Waals surface area (Å²) in [6, 6.07) is 0. The number of hydrogen-bond donors (Lipinski definition) is 2. The summed E-state index contributed by atoms with van der Waals surface area (Å²) in [5.74, 6) is -5.52. The molecule has 0 radical (unpaired) electrons. The first-order chi connectivity index (χ1) is 9.20. The van der Waals surface area contributed by atoms with Gasteiger partial charge in [-0.1, -0.05) is 0 Å². The number of carboxylic acids is 4. The zero-order valence-electron chi connectivity index (χ0n) is 16.5. The van der Waals surface area contributed by atoms with Gasteiger partial charge >= 0.3 is 130 Å². The number of rotatable bonds is 11. The van der Waals surface area contributed by atoms with E-state index in [1.54, 1.807) is 0 Å². The van der Waals surface area contributed by atoms with Crippen molar-refractivity contribution in [1.82, 2.24) is 9.80 Å². The molecule has 0 spiro atoms. The monoisotopic (exact) mass is 454 g/mol. The molecule has 0 unspecified atom stereocenters. The van der Waals surface area contributed by atoms with Gasteiger partial charge in [0.05, 0.1) is 25.0 Å². The third-order valence-electron chi connectivity index (χ3n) is 2.16. The minimum atomic E-state index is -1.51. The van der Waals surface area contributed by atoms with E-state index in [-0.39, 0.29) is 153 Å². The average Bonchev–Trinajstić information content (AvgIpc) is 2.22. The van der Waals surface area contributed by atoms with E-state index in [0.717, 1.165) is 9.80 Å². The van der Waals surface area contributed by atoms with Crippen molar-refractivity contribution in [2.75, 3.05) is 39.3 Å². The van der Waals surface area contributed by atoms with E-state index in [9.17, 15) is 29.4 Å². The molecule has 0 fully saturated rings. The standard InChI is InChI=1S/C10H16N2O8.4Na.4H2O/c13-7(14)3-11(4-8(15)16)1-2-12(5-9(17)18)6-10(19)20;;;;;;;;/h1-6H2,(H,13,14)(H,15,16)(H,17,18)(H,19,20);;;;;4*1H2/q;4*+1;;;;/p-2. The van der Waals surface area contributed by atoms with Crippen LogP contribution in [0.5, 0.6) is 0 Å². The fourth-order valence-corrected chi connectivity index (χ4v) is 1.46. The Bertz CT molecular complexity index is 337. The van der Waals surface area contributed by atoms with Crippen LogP contribution in [0.1, 0.15) is 0 Å². The maximum atomic E-state index is 10.5. The second-order valence-electron chi connectivity index (χ2n) is 3.95. The van der Waals surface area contributed by atoms with E-state index in [0.29, 0.717) is 0 Å². The first kappa shape index (κ1) is 57.1. The zero-order chi connectivity index (χ0) is 15.7. The smallest absolute Gasteiger partial charge is 0.549 e. The number of aliphatic carboxylic acids is 4. The molecule has 28 heavy (non-hydrogen) atoms. The van der Waals surface area contributed by atoms with Crippen molar-refractivity contribution < 1.29 is 180 Å². The van der Waals surface area contributed by atoms with Gasteiger partial charge in [-0.3, -0.25) is 19.4 Å². The van der Waals surface area contributed by atoms with Gasteiger partial charge in [-0.2, -0.15) is 0 Å². The van der Waals surface area contributed by atoms with Gasteiger partial charge in [-0.15, -0.1) is 0 Å². The summed E-state index contributed by atoms with van der Waals surface area (Å²) in [7, 11) is 0. The van der Waals surface area contributed by atoms with E-state index in [4.69, 9.17) is 10.2 Å². The van der Waals surface area contributed by atoms with Gasteiger partial charge in [0.25, 0.3) is 0 Å². The van der Waals surface area contributed by atoms with Gasteiger partial charge in [0.1, 0.15) is 0 Å². The Morgan fingerprint density at radius 1 is 0.571 bits per heavy atom. The Morgan fingerprint density at radius 3 is 0.964 bits per heavy atom. The minimum absolute atomic E-state index is 0. The van der Waals surface area contributed by atoms with Crippen molar-refractivity contribution >= 4 is 23.9 Å². The molecule has 18 heteroatoms. The van der Waals surface area contributed by atoms with E-state index in [1.807, 2.05) is 0 Å². The van der Waals surface area contributed by atoms with Gasteiger partial charge in [0, 0.05) is 26.2 Å². The molecule has 146 valence electrons. The molecule has 0 atom stereocenters. The Labute approximate surface area is 249 Å². The van der Waals surface area contributed by atoms with Crippen LogP contribution in [0.2, 0.25) is 0 Å². The molecule has 0 saturated heterocycles. The Hall–Kier alpha value is 1.64. The number of carboxylic acid groups (broad SMARTS) is 4. The van der Waals surface area contributed by atoms with Crippen molar-refractivity contribution in [1.29, 1.82) is 0 Å². The van der Waals surface area contributed by atoms with Crippen LogP contribution < -0.4 is 128 Å². The predicted octanol–water partition coefficient (Wildman–Crippen LogP) is -20.0. The predicted molar refractivity (Wildman–Crippen MR) is 72.6 cm³/mol. The number of hydrogen-bond acceptors (Lipinski definition) is 8. The molecular formula is C10H22N2Na4O12+2. The van der Waals surface area contributed by atoms with Crippen molar-refractivity contribution in [3.8, 4) is 0 Å². The van der Waals surface area contributed by atoms with Gasteiger partial charge in [-0.25, -0.2) is 0 Å². The van der Waals surface area contributed by atoms with E-state index in [1.165, 1.54) is 0 Å². The molecule has 0 saturated carbocycles. The summed E-state index contributed by atoms with van der Waals surface area (Å²) < 4.78 is 0. The molecular weight excluding hydrogens is 432 g/mol. The van der Waals surface area contributed by atoms with Crippen LogP contribution in [-0.2, 0) is 19.2 Å². The van der Waals surface area contributed by atoms with Crippen LogP contribution in [-0.4, -0.2) is 105 Å². The second kappa shape index (κ2) is 33.3. The van der Waals surface area contributed by atoms with E-state index < -0.39 is 50.1 Å². The summed E-state index contributed by atoms with van der Waals surface area (Å²) in [6.07, 6.45) is 0. The van der Waals surface area contributed by atoms with Crippen molar-refractivity contribution in [2.24, 2.45) is 0 Å². The molecule has 0 bridgehead atoms. The van der Waals surface area contributed by atoms with Gasteiger partial charge < -0.3 is 51.9 Å². The van der Waals surface area contributed by atoms with Gasteiger partial charge in [-0.05, 0) is 0 Å². The average molecular weight is 454 g/mol. The van der Waals surface area contributed by atoms with Crippen LogP contribution in [0.4, 0.5) is 0 Å². The Kier molecular flexibility index (Phi) is 67.8. The topological polar surface area (TPSA) is 287 Å². The van der Waals surface area contributed by atoms with E-state index >= 15 is 0 Å². The van der Waals surface area contributed by atoms with Crippen LogP contribution in [0.25, 0.3) is 0 Å². The van der Waals surface area contributed by atoms with Gasteiger partial charge in [0.2, 0.25) is 0 Å². The Balaban J connectivity index is -0.0000000645. The fourth-order valence-electron chi connectivity index (χ4n) is 1.46. The molecule has 10 N–H and O–H groups in total. The number of nitrogens with zero attached hydrogens (tertiary/aromatic N) is 2. The van der Waals surface area contributed by atoms with Gasteiger partial charge in [0.15, 0.2) is 0 Å². The van der Waals surface area contributed by atoms with Crippen LogP contribution >= 0.6 is 0 Å². The summed E-state index contributed by atoms with van der Waals surface area (Å²) in [6.45, 7) is -2.75. The SMILES string of the molecule is O.O.O.O.O=C([O-])CN(CCN(CC(=O)O)CC(=O)O)CC(=O)[O-].[Na+].[Na+].[Na+].[Na+]. The number of carbonyl (C=O) groups is 4. The number of carbonyl (C=O) groups excluding carboxylic acids is 2. The van der Waals surface area contributed by atoms with Crippen LogP contribution in [0, 0.1) is 0 Å². The second-order valence-corrected chi connectivity index (χ2v) is 3.95. The first-order valence-corrected chi connectivity index (χ1v) is 5.48. The van der Waals surface area contributed by atoms with Crippen LogP contribution in [0.3, 0.4) is 0 Å². The normalized spacial score (nSPS) is 7.64. The fraction of sp³-hybridized carbons (Fsp3) is 0.600. The summed E-state index contributed by atoms with van der Waals surface area (Å²) >= 11 is 0. The third-order valence-corrected chi connectivity index (χ3v) is 2.16. The molecule has 0 aromatic heterocycles. The molecule has 14 nitrogen and oxygen atoms in total. The van der Waals surface area contributed by atoms with E-state index in [2.05, 4.69) is 0 Å². The molecule has 0 rings (SSSR count). The third kappa shape index (κ3) is 38.3. The maximum Gasteiger partial charge on any atom is 1.00 e. The maximum absolute atomic E-state index is 10.5.